The zero-order chi connectivity index (χ0) is 15.1. The highest BCUT2D eigenvalue weighted by Crippen LogP contribution is 2.11. The van der Waals surface area contributed by atoms with E-state index in [1.807, 2.05) is 0 Å². The minimum absolute atomic E-state index is 0.0838. The number of amides is 1. The standard InChI is InChI=1S/C16H18F2N2O/c17-13-7-6-8-14(18)15(13)16(21)19-9-2-5-12-20-10-3-1-4-11-20/h6-8H,1,3-4,9-12H2,(H,19,21). The number of nitrogens with zero attached hydrogens (tertiary/aromatic N) is 1. The Hall–Kier alpha value is -1.93. The first kappa shape index (κ1) is 15.5. The highest BCUT2D eigenvalue weighted by molar-refractivity contribution is 5.94. The molecule has 21 heavy (non-hydrogen) atoms. The monoisotopic (exact) mass is 292 g/mol. The van der Waals surface area contributed by atoms with Crippen molar-refractivity contribution in [1.82, 2.24) is 10.2 Å². The largest absolute Gasteiger partial charge is 0.341 e. The van der Waals surface area contributed by atoms with Crippen LogP contribution in [0, 0.1) is 23.5 Å². The summed E-state index contributed by atoms with van der Waals surface area (Å²) < 4.78 is 26.8. The summed E-state index contributed by atoms with van der Waals surface area (Å²) in [5.41, 5.74) is -0.560. The number of carbonyl (C=O) groups excluding carboxylic acids is 1. The van der Waals surface area contributed by atoms with Gasteiger partial charge in [-0.25, -0.2) is 8.78 Å². The second kappa shape index (κ2) is 7.75. The molecule has 0 atom stereocenters. The molecule has 1 saturated heterocycles. The Balaban J connectivity index is 1.79. The molecule has 1 amide bonds. The van der Waals surface area contributed by atoms with Crippen molar-refractivity contribution in [2.75, 3.05) is 26.2 Å². The van der Waals surface area contributed by atoms with Crippen LogP contribution in [0.15, 0.2) is 18.2 Å². The van der Waals surface area contributed by atoms with Crippen molar-refractivity contribution in [2.45, 2.75) is 19.3 Å². The average molecular weight is 292 g/mol. The van der Waals surface area contributed by atoms with Crippen LogP contribution in [-0.4, -0.2) is 37.0 Å². The second-order valence-electron chi connectivity index (χ2n) is 4.97. The molecular formula is C16H18F2N2O. The molecule has 1 aliphatic rings. The number of halogens is 2. The van der Waals surface area contributed by atoms with Gasteiger partial charge in [-0.1, -0.05) is 24.3 Å². The average Bonchev–Trinajstić information content (AvgIpc) is 2.48. The van der Waals surface area contributed by atoms with Gasteiger partial charge < -0.3 is 5.32 Å². The van der Waals surface area contributed by atoms with Crippen LogP contribution in [0.4, 0.5) is 8.78 Å². The first-order valence-corrected chi connectivity index (χ1v) is 7.09. The van der Waals surface area contributed by atoms with Gasteiger partial charge in [0.1, 0.15) is 17.2 Å². The summed E-state index contributed by atoms with van der Waals surface area (Å²) in [4.78, 5) is 13.9. The van der Waals surface area contributed by atoms with E-state index in [4.69, 9.17) is 0 Å². The minimum atomic E-state index is -0.867. The Kier molecular flexibility index (Phi) is 5.70. The highest BCUT2D eigenvalue weighted by atomic mass is 19.1. The molecule has 1 aliphatic heterocycles. The number of hydrogen-bond acceptors (Lipinski definition) is 2. The van der Waals surface area contributed by atoms with Gasteiger partial charge in [0, 0.05) is 0 Å². The van der Waals surface area contributed by atoms with Crippen LogP contribution in [0.25, 0.3) is 0 Å². The van der Waals surface area contributed by atoms with Crippen LogP contribution in [0.2, 0.25) is 0 Å². The predicted octanol–water partition coefficient (Wildman–Crippen LogP) is 2.18. The number of likely N-dealkylation sites (tertiary alicyclic amines) is 1. The topological polar surface area (TPSA) is 32.3 Å². The lowest BCUT2D eigenvalue weighted by Crippen LogP contribution is -2.30. The summed E-state index contributed by atoms with van der Waals surface area (Å²) in [6.45, 7) is 2.87. The molecule has 0 saturated carbocycles. The molecule has 5 heteroatoms. The van der Waals surface area contributed by atoms with Crippen LogP contribution in [0.1, 0.15) is 29.6 Å². The second-order valence-corrected chi connectivity index (χ2v) is 4.97. The van der Waals surface area contributed by atoms with Gasteiger partial charge in [-0.05, 0) is 38.1 Å². The van der Waals surface area contributed by atoms with E-state index in [2.05, 4.69) is 22.1 Å². The van der Waals surface area contributed by atoms with Crippen LogP contribution in [0.5, 0.6) is 0 Å². The summed E-state index contributed by atoms with van der Waals surface area (Å²) in [6, 6.07) is 3.33. The van der Waals surface area contributed by atoms with Crippen molar-refractivity contribution in [3.8, 4) is 11.8 Å². The lowest BCUT2D eigenvalue weighted by atomic mass is 10.1. The number of piperidine rings is 1. The molecule has 0 spiro atoms. The number of hydrogen-bond donors (Lipinski definition) is 1. The molecule has 1 N–H and O–H groups in total. The zero-order valence-corrected chi connectivity index (χ0v) is 11.8. The van der Waals surface area contributed by atoms with Crippen molar-refractivity contribution in [3.63, 3.8) is 0 Å². The van der Waals surface area contributed by atoms with E-state index in [0.29, 0.717) is 6.54 Å². The van der Waals surface area contributed by atoms with E-state index < -0.39 is 23.1 Å². The van der Waals surface area contributed by atoms with Crippen LogP contribution < -0.4 is 5.32 Å². The Morgan fingerprint density at radius 3 is 2.48 bits per heavy atom. The molecule has 1 fully saturated rings. The van der Waals surface area contributed by atoms with Gasteiger partial charge in [-0.15, -0.1) is 0 Å². The summed E-state index contributed by atoms with van der Waals surface area (Å²) in [6.07, 6.45) is 3.67. The smallest absolute Gasteiger partial charge is 0.258 e. The highest BCUT2D eigenvalue weighted by Gasteiger charge is 2.15. The molecule has 0 unspecified atom stereocenters. The number of nitrogens with one attached hydrogen (secondary N) is 1. The molecule has 112 valence electrons. The molecule has 1 aromatic rings. The first-order valence-electron chi connectivity index (χ1n) is 7.09. The van der Waals surface area contributed by atoms with Crippen LogP contribution in [-0.2, 0) is 0 Å². The Morgan fingerprint density at radius 1 is 1.14 bits per heavy atom. The molecular weight excluding hydrogens is 274 g/mol. The van der Waals surface area contributed by atoms with Crippen LogP contribution in [0.3, 0.4) is 0 Å². The predicted molar refractivity (Wildman–Crippen MR) is 76.8 cm³/mol. The molecule has 3 nitrogen and oxygen atoms in total. The quantitative estimate of drug-likeness (QED) is 0.866. The van der Waals surface area contributed by atoms with Gasteiger partial charge in [0.05, 0.1) is 13.1 Å². The van der Waals surface area contributed by atoms with Gasteiger partial charge in [0.15, 0.2) is 0 Å². The molecule has 0 radical (unpaired) electrons. The SMILES string of the molecule is O=C(NCC#CCN1CCCCC1)c1c(F)cccc1F. The van der Waals surface area contributed by atoms with E-state index in [9.17, 15) is 13.6 Å². The third-order valence-corrected chi connectivity index (χ3v) is 3.40. The third-order valence-electron chi connectivity index (χ3n) is 3.40. The fourth-order valence-electron chi connectivity index (χ4n) is 2.28. The molecule has 1 heterocycles. The van der Waals surface area contributed by atoms with E-state index in [-0.39, 0.29) is 6.54 Å². The van der Waals surface area contributed by atoms with E-state index >= 15 is 0 Å². The van der Waals surface area contributed by atoms with E-state index in [1.165, 1.54) is 25.3 Å². The van der Waals surface area contributed by atoms with Crippen molar-refractivity contribution in [2.24, 2.45) is 0 Å². The third kappa shape index (κ3) is 4.54. The van der Waals surface area contributed by atoms with Gasteiger partial charge in [-0.3, -0.25) is 9.69 Å². The minimum Gasteiger partial charge on any atom is -0.341 e. The fraction of sp³-hybridized carbons (Fsp3) is 0.438. The number of rotatable bonds is 3. The van der Waals surface area contributed by atoms with Gasteiger partial charge in [0.2, 0.25) is 0 Å². The fourth-order valence-corrected chi connectivity index (χ4v) is 2.28. The molecule has 0 aliphatic carbocycles. The van der Waals surface area contributed by atoms with Crippen molar-refractivity contribution in [1.29, 1.82) is 0 Å². The van der Waals surface area contributed by atoms with Gasteiger partial charge in [0.25, 0.3) is 5.91 Å². The summed E-state index contributed by atoms with van der Waals surface area (Å²) >= 11 is 0. The summed E-state index contributed by atoms with van der Waals surface area (Å²) in [5, 5.41) is 2.41. The van der Waals surface area contributed by atoms with Crippen LogP contribution >= 0.6 is 0 Å². The first-order chi connectivity index (χ1) is 10.2. The summed E-state index contributed by atoms with van der Waals surface area (Å²) in [7, 11) is 0. The normalized spacial score (nSPS) is 15.1. The number of benzene rings is 1. The zero-order valence-electron chi connectivity index (χ0n) is 11.8. The maximum atomic E-state index is 13.4. The Bertz CT molecular complexity index is 537. The Morgan fingerprint density at radius 2 is 1.81 bits per heavy atom. The molecule has 2 rings (SSSR count). The lowest BCUT2D eigenvalue weighted by molar-refractivity contribution is 0.0950. The van der Waals surface area contributed by atoms with Gasteiger partial charge >= 0.3 is 0 Å². The van der Waals surface area contributed by atoms with E-state index in [1.54, 1.807) is 0 Å². The molecule has 1 aromatic carbocycles. The van der Waals surface area contributed by atoms with Crippen molar-refractivity contribution >= 4 is 5.91 Å². The number of carbonyl (C=O) groups is 1. The summed E-state index contributed by atoms with van der Waals surface area (Å²) in [5.74, 6) is 3.26. The lowest BCUT2D eigenvalue weighted by Gasteiger charge is -2.23. The van der Waals surface area contributed by atoms with Crippen molar-refractivity contribution < 1.29 is 13.6 Å². The maximum absolute atomic E-state index is 13.4. The Labute approximate surface area is 123 Å². The molecule has 0 bridgehead atoms. The molecule has 0 aromatic heterocycles. The van der Waals surface area contributed by atoms with Crippen molar-refractivity contribution in [3.05, 3.63) is 35.4 Å². The van der Waals surface area contributed by atoms with E-state index in [0.717, 1.165) is 25.2 Å². The maximum Gasteiger partial charge on any atom is 0.258 e. The van der Waals surface area contributed by atoms with Gasteiger partial charge in [-0.2, -0.15) is 0 Å².